The van der Waals surface area contributed by atoms with Crippen molar-refractivity contribution in [3.8, 4) is 0 Å². The highest BCUT2D eigenvalue weighted by atomic mass is 15.5. The van der Waals surface area contributed by atoms with Gasteiger partial charge in [0, 0.05) is 19.6 Å². The monoisotopic (exact) mass is 176 g/mol. The van der Waals surface area contributed by atoms with E-state index in [9.17, 15) is 0 Å². The molecule has 0 aliphatic carbocycles. The topological polar surface area (TPSA) is 15.3 Å². The van der Waals surface area contributed by atoms with E-state index in [0.717, 1.165) is 19.5 Å². The van der Waals surface area contributed by atoms with Crippen molar-refractivity contribution in [2.45, 2.75) is 12.8 Å². The van der Waals surface area contributed by atoms with E-state index in [4.69, 9.17) is 0 Å². The Labute approximate surface area is 79.5 Å². The standard InChI is InChI=1S/C11H16N2/c1-2-5-11(6-3-1)7-10-13-9-4-8-12-13/h1-3,5-6,12H,4,7-10H2. The molecule has 2 rings (SSSR count). The van der Waals surface area contributed by atoms with E-state index < -0.39 is 0 Å². The maximum atomic E-state index is 3.36. The van der Waals surface area contributed by atoms with Gasteiger partial charge < -0.3 is 0 Å². The summed E-state index contributed by atoms with van der Waals surface area (Å²) >= 11 is 0. The summed E-state index contributed by atoms with van der Waals surface area (Å²) in [5.41, 5.74) is 4.79. The van der Waals surface area contributed by atoms with Crippen molar-refractivity contribution in [2.75, 3.05) is 19.6 Å². The van der Waals surface area contributed by atoms with Crippen molar-refractivity contribution in [2.24, 2.45) is 0 Å². The fraction of sp³-hybridized carbons (Fsp3) is 0.455. The van der Waals surface area contributed by atoms with Gasteiger partial charge in [-0.05, 0) is 18.4 Å². The molecule has 1 saturated heterocycles. The van der Waals surface area contributed by atoms with Crippen LogP contribution in [0.2, 0.25) is 0 Å². The van der Waals surface area contributed by atoms with E-state index in [2.05, 4.69) is 40.8 Å². The predicted molar refractivity (Wildman–Crippen MR) is 54.3 cm³/mol. The molecule has 1 fully saturated rings. The van der Waals surface area contributed by atoms with Gasteiger partial charge in [-0.3, -0.25) is 5.43 Å². The molecule has 2 nitrogen and oxygen atoms in total. The summed E-state index contributed by atoms with van der Waals surface area (Å²) in [7, 11) is 0. The second-order valence-corrected chi connectivity index (χ2v) is 3.48. The summed E-state index contributed by atoms with van der Waals surface area (Å²) in [6.45, 7) is 3.48. The molecular weight excluding hydrogens is 160 g/mol. The quantitative estimate of drug-likeness (QED) is 0.749. The fourth-order valence-corrected chi connectivity index (χ4v) is 1.69. The van der Waals surface area contributed by atoms with Crippen molar-refractivity contribution in [3.05, 3.63) is 35.9 Å². The molecule has 0 atom stereocenters. The van der Waals surface area contributed by atoms with Gasteiger partial charge in [-0.2, -0.15) is 0 Å². The van der Waals surface area contributed by atoms with Crippen LogP contribution in [-0.2, 0) is 6.42 Å². The van der Waals surface area contributed by atoms with E-state index in [0.29, 0.717) is 0 Å². The van der Waals surface area contributed by atoms with Gasteiger partial charge in [0.1, 0.15) is 0 Å². The lowest BCUT2D eigenvalue weighted by Gasteiger charge is -2.14. The lowest BCUT2D eigenvalue weighted by Crippen LogP contribution is -2.32. The number of benzene rings is 1. The molecular formula is C11H16N2. The zero-order chi connectivity index (χ0) is 8.93. The first-order chi connectivity index (χ1) is 6.45. The van der Waals surface area contributed by atoms with E-state index in [1.54, 1.807) is 0 Å². The second kappa shape index (κ2) is 4.40. The Balaban J connectivity index is 1.79. The van der Waals surface area contributed by atoms with Gasteiger partial charge in [0.25, 0.3) is 0 Å². The zero-order valence-electron chi connectivity index (χ0n) is 7.87. The van der Waals surface area contributed by atoms with Crippen molar-refractivity contribution in [3.63, 3.8) is 0 Å². The van der Waals surface area contributed by atoms with Gasteiger partial charge >= 0.3 is 0 Å². The third-order valence-corrected chi connectivity index (χ3v) is 2.45. The first-order valence-electron chi connectivity index (χ1n) is 4.97. The Bertz CT molecular complexity index is 240. The molecule has 0 saturated carbocycles. The average Bonchev–Trinajstić information content (AvgIpc) is 2.69. The summed E-state index contributed by atoms with van der Waals surface area (Å²) in [6.07, 6.45) is 2.43. The number of hydrazine groups is 1. The number of hydrogen-bond acceptors (Lipinski definition) is 2. The SMILES string of the molecule is c1ccc(CCN2CCCN2)cc1. The lowest BCUT2D eigenvalue weighted by molar-refractivity contribution is 0.257. The Morgan fingerprint density at radius 1 is 1.23 bits per heavy atom. The van der Waals surface area contributed by atoms with Gasteiger partial charge in [-0.15, -0.1) is 0 Å². The minimum absolute atomic E-state index is 1.13. The minimum atomic E-state index is 1.13. The number of nitrogens with one attached hydrogen (secondary N) is 1. The van der Waals surface area contributed by atoms with Crippen LogP contribution >= 0.6 is 0 Å². The summed E-state index contributed by atoms with van der Waals surface area (Å²) < 4.78 is 0. The van der Waals surface area contributed by atoms with E-state index in [1.807, 2.05) is 0 Å². The predicted octanol–water partition coefficient (Wildman–Crippen LogP) is 1.44. The van der Waals surface area contributed by atoms with E-state index in [1.165, 1.54) is 18.5 Å². The smallest absolute Gasteiger partial charge is 0.0171 e. The fourth-order valence-electron chi connectivity index (χ4n) is 1.69. The number of rotatable bonds is 3. The van der Waals surface area contributed by atoms with Crippen LogP contribution in [0.5, 0.6) is 0 Å². The molecule has 0 aromatic heterocycles. The second-order valence-electron chi connectivity index (χ2n) is 3.48. The van der Waals surface area contributed by atoms with E-state index >= 15 is 0 Å². The molecule has 1 N–H and O–H groups in total. The van der Waals surface area contributed by atoms with Gasteiger partial charge in [-0.1, -0.05) is 30.3 Å². The number of hydrogen-bond donors (Lipinski definition) is 1. The van der Waals surface area contributed by atoms with Crippen LogP contribution in [0.3, 0.4) is 0 Å². The molecule has 0 bridgehead atoms. The van der Waals surface area contributed by atoms with Crippen LogP contribution in [0.1, 0.15) is 12.0 Å². The largest absolute Gasteiger partial charge is 0.255 e. The van der Waals surface area contributed by atoms with Crippen molar-refractivity contribution < 1.29 is 0 Å². The molecule has 0 amide bonds. The number of nitrogens with zero attached hydrogens (tertiary/aromatic N) is 1. The zero-order valence-corrected chi connectivity index (χ0v) is 7.87. The first kappa shape index (κ1) is 8.73. The highest BCUT2D eigenvalue weighted by molar-refractivity contribution is 5.14. The van der Waals surface area contributed by atoms with Crippen LogP contribution in [0.25, 0.3) is 0 Å². The Morgan fingerprint density at radius 2 is 2.08 bits per heavy atom. The first-order valence-corrected chi connectivity index (χ1v) is 4.97. The average molecular weight is 176 g/mol. The molecule has 70 valence electrons. The Morgan fingerprint density at radius 3 is 2.77 bits per heavy atom. The molecule has 2 heteroatoms. The summed E-state index contributed by atoms with van der Waals surface area (Å²) in [5.74, 6) is 0. The highest BCUT2D eigenvalue weighted by Gasteiger charge is 2.09. The molecule has 13 heavy (non-hydrogen) atoms. The minimum Gasteiger partial charge on any atom is -0.255 e. The van der Waals surface area contributed by atoms with Crippen molar-refractivity contribution in [1.29, 1.82) is 0 Å². The van der Waals surface area contributed by atoms with Crippen LogP contribution in [0.4, 0.5) is 0 Å². The maximum Gasteiger partial charge on any atom is 0.0171 e. The molecule has 1 aliphatic heterocycles. The Kier molecular flexibility index (Phi) is 2.95. The molecule has 0 unspecified atom stereocenters. The summed E-state index contributed by atoms with van der Waals surface area (Å²) in [4.78, 5) is 0. The van der Waals surface area contributed by atoms with Crippen molar-refractivity contribution >= 4 is 0 Å². The molecule has 0 spiro atoms. The van der Waals surface area contributed by atoms with Gasteiger partial charge in [0.05, 0.1) is 0 Å². The molecule has 1 aromatic rings. The van der Waals surface area contributed by atoms with E-state index in [-0.39, 0.29) is 0 Å². The van der Waals surface area contributed by atoms with Gasteiger partial charge in [-0.25, -0.2) is 5.01 Å². The van der Waals surface area contributed by atoms with Crippen LogP contribution in [0.15, 0.2) is 30.3 Å². The third kappa shape index (κ3) is 2.54. The van der Waals surface area contributed by atoms with Crippen molar-refractivity contribution in [1.82, 2.24) is 10.4 Å². The van der Waals surface area contributed by atoms with Crippen LogP contribution in [-0.4, -0.2) is 24.6 Å². The van der Waals surface area contributed by atoms with Crippen LogP contribution in [0, 0.1) is 0 Å². The molecule has 1 heterocycles. The van der Waals surface area contributed by atoms with Gasteiger partial charge in [0.15, 0.2) is 0 Å². The third-order valence-electron chi connectivity index (χ3n) is 2.45. The Hall–Kier alpha value is -0.860. The summed E-state index contributed by atoms with van der Waals surface area (Å²) in [6, 6.07) is 10.7. The normalized spacial score (nSPS) is 17.8. The van der Waals surface area contributed by atoms with Gasteiger partial charge in [0.2, 0.25) is 0 Å². The molecule has 1 aromatic carbocycles. The molecule has 1 aliphatic rings. The molecule has 0 radical (unpaired) electrons. The van der Waals surface area contributed by atoms with Crippen LogP contribution < -0.4 is 5.43 Å². The summed E-state index contributed by atoms with van der Waals surface area (Å²) in [5, 5.41) is 2.31. The lowest BCUT2D eigenvalue weighted by atomic mass is 10.1. The highest BCUT2D eigenvalue weighted by Crippen LogP contribution is 2.02. The maximum absolute atomic E-state index is 3.36.